The lowest BCUT2D eigenvalue weighted by Gasteiger charge is -2.12. The van der Waals surface area contributed by atoms with E-state index in [0.29, 0.717) is 19.8 Å². The molecule has 1 aromatic rings. The number of rotatable bonds is 3. The van der Waals surface area contributed by atoms with Crippen molar-refractivity contribution in [3.63, 3.8) is 0 Å². The standard InChI is InChI=1S/C10H16N4O2/c1-14-4-7(3-13-14)2-12-10(15)8-5-16-6-9(8)11/h3-4,8-9H,2,5-6,11H2,1H3,(H,12,15). The summed E-state index contributed by atoms with van der Waals surface area (Å²) in [6.45, 7) is 1.36. The zero-order valence-electron chi connectivity index (χ0n) is 9.22. The molecule has 6 nitrogen and oxygen atoms in total. The number of aryl methyl sites for hydroxylation is 1. The van der Waals surface area contributed by atoms with Crippen LogP contribution in [0, 0.1) is 5.92 Å². The molecule has 0 radical (unpaired) electrons. The van der Waals surface area contributed by atoms with Gasteiger partial charge in [-0.3, -0.25) is 9.48 Å². The summed E-state index contributed by atoms with van der Waals surface area (Å²) in [7, 11) is 1.84. The zero-order chi connectivity index (χ0) is 11.5. The molecule has 0 aliphatic carbocycles. The monoisotopic (exact) mass is 224 g/mol. The molecule has 1 aromatic heterocycles. The Hall–Kier alpha value is -1.40. The van der Waals surface area contributed by atoms with Crippen LogP contribution in [-0.4, -0.2) is 34.9 Å². The second-order valence-electron chi connectivity index (χ2n) is 4.05. The molecule has 6 heteroatoms. The van der Waals surface area contributed by atoms with Gasteiger partial charge in [0.1, 0.15) is 0 Å². The Morgan fingerprint density at radius 2 is 2.56 bits per heavy atom. The van der Waals surface area contributed by atoms with Crippen LogP contribution in [0.3, 0.4) is 0 Å². The quantitative estimate of drug-likeness (QED) is 0.690. The fourth-order valence-corrected chi connectivity index (χ4v) is 1.72. The van der Waals surface area contributed by atoms with Gasteiger partial charge in [-0.25, -0.2) is 0 Å². The molecule has 3 N–H and O–H groups in total. The van der Waals surface area contributed by atoms with Crippen molar-refractivity contribution in [3.05, 3.63) is 18.0 Å². The molecule has 1 amide bonds. The highest BCUT2D eigenvalue weighted by Gasteiger charge is 2.30. The van der Waals surface area contributed by atoms with Crippen LogP contribution >= 0.6 is 0 Å². The molecule has 88 valence electrons. The molecule has 1 aliphatic heterocycles. The number of nitrogens with one attached hydrogen (secondary N) is 1. The summed E-state index contributed by atoms with van der Waals surface area (Å²) in [6, 6.07) is -0.186. The number of ether oxygens (including phenoxy) is 1. The van der Waals surface area contributed by atoms with E-state index in [1.807, 2.05) is 13.2 Å². The molecule has 16 heavy (non-hydrogen) atoms. The maximum absolute atomic E-state index is 11.7. The fourth-order valence-electron chi connectivity index (χ4n) is 1.72. The van der Waals surface area contributed by atoms with Crippen LogP contribution in [0.2, 0.25) is 0 Å². The van der Waals surface area contributed by atoms with Crippen molar-refractivity contribution >= 4 is 5.91 Å². The molecule has 0 saturated carbocycles. The molecular weight excluding hydrogens is 208 g/mol. The normalized spacial score (nSPS) is 24.6. The summed E-state index contributed by atoms with van der Waals surface area (Å²) in [5, 5.41) is 6.86. The Balaban J connectivity index is 1.83. The van der Waals surface area contributed by atoms with Gasteiger partial charge in [-0.05, 0) is 0 Å². The van der Waals surface area contributed by atoms with Gasteiger partial charge in [-0.15, -0.1) is 0 Å². The number of carbonyl (C=O) groups excluding carboxylic acids is 1. The van der Waals surface area contributed by atoms with Crippen LogP contribution in [0.4, 0.5) is 0 Å². The lowest BCUT2D eigenvalue weighted by atomic mass is 10.0. The number of aromatic nitrogens is 2. The van der Waals surface area contributed by atoms with Gasteiger partial charge in [0.05, 0.1) is 25.3 Å². The van der Waals surface area contributed by atoms with E-state index in [9.17, 15) is 4.79 Å². The topological polar surface area (TPSA) is 82.2 Å². The van der Waals surface area contributed by atoms with Crippen LogP contribution in [0.1, 0.15) is 5.56 Å². The smallest absolute Gasteiger partial charge is 0.227 e. The molecule has 0 bridgehead atoms. The number of amides is 1. The molecule has 2 atom stereocenters. The SMILES string of the molecule is Cn1cc(CNC(=O)C2COCC2N)cn1. The van der Waals surface area contributed by atoms with Gasteiger partial charge in [0.15, 0.2) is 0 Å². The van der Waals surface area contributed by atoms with Crippen molar-refractivity contribution in [2.45, 2.75) is 12.6 Å². The average molecular weight is 224 g/mol. The van der Waals surface area contributed by atoms with Crippen molar-refractivity contribution < 1.29 is 9.53 Å². The summed E-state index contributed by atoms with van der Waals surface area (Å²) in [4.78, 5) is 11.7. The van der Waals surface area contributed by atoms with Crippen LogP contribution in [-0.2, 0) is 23.1 Å². The molecule has 2 rings (SSSR count). The second kappa shape index (κ2) is 4.63. The summed E-state index contributed by atoms with van der Waals surface area (Å²) in [6.07, 6.45) is 3.59. The number of nitrogens with two attached hydrogens (primary N) is 1. The molecule has 2 heterocycles. The summed E-state index contributed by atoms with van der Waals surface area (Å²) in [5.74, 6) is -0.273. The van der Waals surface area contributed by atoms with Gasteiger partial charge < -0.3 is 15.8 Å². The van der Waals surface area contributed by atoms with E-state index >= 15 is 0 Å². The molecule has 1 saturated heterocycles. The lowest BCUT2D eigenvalue weighted by molar-refractivity contribution is -0.125. The van der Waals surface area contributed by atoms with E-state index < -0.39 is 0 Å². The Morgan fingerprint density at radius 1 is 1.75 bits per heavy atom. The fraction of sp³-hybridized carbons (Fsp3) is 0.600. The first-order chi connectivity index (χ1) is 7.66. The maximum Gasteiger partial charge on any atom is 0.227 e. The molecule has 0 aromatic carbocycles. The number of hydrogen-bond donors (Lipinski definition) is 2. The number of carbonyl (C=O) groups is 1. The highest BCUT2D eigenvalue weighted by Crippen LogP contribution is 2.11. The van der Waals surface area contributed by atoms with E-state index in [4.69, 9.17) is 10.5 Å². The van der Waals surface area contributed by atoms with Crippen molar-refractivity contribution in [1.29, 1.82) is 0 Å². The van der Waals surface area contributed by atoms with Crippen LogP contribution in [0.5, 0.6) is 0 Å². The highest BCUT2D eigenvalue weighted by atomic mass is 16.5. The number of hydrogen-bond acceptors (Lipinski definition) is 4. The Kier molecular flexibility index (Phi) is 3.21. The molecule has 0 spiro atoms. The third-order valence-electron chi connectivity index (χ3n) is 2.69. The second-order valence-corrected chi connectivity index (χ2v) is 4.05. The minimum absolute atomic E-state index is 0.0474. The minimum Gasteiger partial charge on any atom is -0.379 e. The Morgan fingerprint density at radius 3 is 3.12 bits per heavy atom. The summed E-state index contributed by atoms with van der Waals surface area (Å²) in [5.41, 5.74) is 6.73. The number of nitrogens with zero attached hydrogens (tertiary/aromatic N) is 2. The van der Waals surface area contributed by atoms with Gasteiger partial charge in [0.2, 0.25) is 5.91 Å². The largest absolute Gasteiger partial charge is 0.379 e. The van der Waals surface area contributed by atoms with Crippen molar-refractivity contribution in [1.82, 2.24) is 15.1 Å². The first-order valence-corrected chi connectivity index (χ1v) is 5.25. The van der Waals surface area contributed by atoms with E-state index in [1.165, 1.54) is 0 Å². The molecule has 2 unspecified atom stereocenters. The zero-order valence-corrected chi connectivity index (χ0v) is 9.22. The van der Waals surface area contributed by atoms with Gasteiger partial charge in [-0.1, -0.05) is 0 Å². The molecule has 1 fully saturated rings. The van der Waals surface area contributed by atoms with E-state index in [1.54, 1.807) is 10.9 Å². The highest BCUT2D eigenvalue weighted by molar-refractivity contribution is 5.79. The minimum atomic E-state index is -0.225. The van der Waals surface area contributed by atoms with Crippen LogP contribution < -0.4 is 11.1 Å². The van der Waals surface area contributed by atoms with Crippen LogP contribution in [0.15, 0.2) is 12.4 Å². The Labute approximate surface area is 93.8 Å². The molecule has 1 aliphatic rings. The third-order valence-corrected chi connectivity index (χ3v) is 2.69. The van der Waals surface area contributed by atoms with Crippen molar-refractivity contribution in [2.24, 2.45) is 18.7 Å². The van der Waals surface area contributed by atoms with Crippen LogP contribution in [0.25, 0.3) is 0 Å². The van der Waals surface area contributed by atoms with Crippen molar-refractivity contribution in [2.75, 3.05) is 13.2 Å². The predicted octanol–water partition coefficient (Wildman–Crippen LogP) is -0.990. The Bertz CT molecular complexity index is 377. The van der Waals surface area contributed by atoms with Gasteiger partial charge in [-0.2, -0.15) is 5.10 Å². The first-order valence-electron chi connectivity index (χ1n) is 5.25. The first kappa shape index (κ1) is 11.1. The van der Waals surface area contributed by atoms with Gasteiger partial charge in [0, 0.05) is 31.4 Å². The van der Waals surface area contributed by atoms with Gasteiger partial charge in [0.25, 0.3) is 0 Å². The lowest BCUT2D eigenvalue weighted by Crippen LogP contribution is -2.40. The van der Waals surface area contributed by atoms with E-state index in [2.05, 4.69) is 10.4 Å². The van der Waals surface area contributed by atoms with Crippen molar-refractivity contribution in [3.8, 4) is 0 Å². The van der Waals surface area contributed by atoms with E-state index in [0.717, 1.165) is 5.56 Å². The summed E-state index contributed by atoms with van der Waals surface area (Å²) >= 11 is 0. The third kappa shape index (κ3) is 2.40. The van der Waals surface area contributed by atoms with E-state index in [-0.39, 0.29) is 17.9 Å². The average Bonchev–Trinajstić information content (AvgIpc) is 2.84. The maximum atomic E-state index is 11.7. The summed E-state index contributed by atoms with van der Waals surface area (Å²) < 4.78 is 6.84. The predicted molar refractivity (Wildman–Crippen MR) is 57.3 cm³/mol. The molecular formula is C10H16N4O2. The van der Waals surface area contributed by atoms with Gasteiger partial charge >= 0.3 is 0 Å².